The van der Waals surface area contributed by atoms with Crippen LogP contribution in [-0.4, -0.2) is 49.3 Å². The van der Waals surface area contributed by atoms with Crippen LogP contribution < -0.4 is 10.1 Å². The van der Waals surface area contributed by atoms with E-state index in [4.69, 9.17) is 4.74 Å². The third kappa shape index (κ3) is 3.78. The molecule has 2 N–H and O–H groups in total. The molecule has 1 unspecified atom stereocenters. The first-order valence-electron chi connectivity index (χ1n) is 7.77. The van der Waals surface area contributed by atoms with Crippen molar-refractivity contribution in [3.63, 3.8) is 0 Å². The van der Waals surface area contributed by atoms with Gasteiger partial charge in [0, 0.05) is 6.54 Å². The number of carbonyl (C=O) groups excluding carboxylic acids is 1. The Labute approximate surface area is 132 Å². The van der Waals surface area contributed by atoms with Crippen molar-refractivity contribution in [1.29, 1.82) is 0 Å². The Morgan fingerprint density at radius 3 is 2.41 bits per heavy atom. The number of rotatable bonds is 6. The first-order valence-corrected chi connectivity index (χ1v) is 7.77. The lowest BCUT2D eigenvalue weighted by molar-refractivity contribution is -0.139. The fourth-order valence-electron chi connectivity index (χ4n) is 2.97. The minimum Gasteiger partial charge on any atom is -0.497 e. The molecule has 1 aromatic rings. The second-order valence-electron chi connectivity index (χ2n) is 6.20. The molecule has 1 fully saturated rings. The Hall–Kier alpha value is -1.59. The van der Waals surface area contributed by atoms with Crippen molar-refractivity contribution in [1.82, 2.24) is 10.2 Å². The molecule has 1 aromatic carbocycles. The lowest BCUT2D eigenvalue weighted by atomic mass is 10.0. The van der Waals surface area contributed by atoms with E-state index in [-0.39, 0.29) is 11.9 Å². The van der Waals surface area contributed by atoms with Crippen molar-refractivity contribution >= 4 is 5.91 Å². The maximum atomic E-state index is 12.2. The van der Waals surface area contributed by atoms with Crippen molar-refractivity contribution in [2.24, 2.45) is 0 Å². The van der Waals surface area contributed by atoms with Gasteiger partial charge in [-0.2, -0.15) is 0 Å². The molecule has 0 spiro atoms. The summed E-state index contributed by atoms with van der Waals surface area (Å²) in [7, 11) is 5.59. The summed E-state index contributed by atoms with van der Waals surface area (Å²) >= 11 is 0. The van der Waals surface area contributed by atoms with Gasteiger partial charge in [0.15, 0.2) is 0 Å². The molecule has 22 heavy (non-hydrogen) atoms. The third-order valence-corrected chi connectivity index (χ3v) is 4.43. The summed E-state index contributed by atoms with van der Waals surface area (Å²) in [5, 5.41) is 13.2. The highest BCUT2D eigenvalue weighted by Gasteiger charge is 2.38. The number of hydrogen-bond donors (Lipinski definition) is 2. The number of benzene rings is 1. The van der Waals surface area contributed by atoms with Gasteiger partial charge in [-0.1, -0.05) is 12.1 Å². The van der Waals surface area contributed by atoms with E-state index in [9.17, 15) is 9.90 Å². The van der Waals surface area contributed by atoms with Gasteiger partial charge in [-0.15, -0.1) is 0 Å². The lowest BCUT2D eigenvalue weighted by Gasteiger charge is -2.28. The van der Waals surface area contributed by atoms with E-state index in [0.29, 0.717) is 19.4 Å². The second kappa shape index (κ2) is 7.11. The van der Waals surface area contributed by atoms with Crippen LogP contribution in [0.2, 0.25) is 0 Å². The van der Waals surface area contributed by atoms with Crippen LogP contribution in [0.4, 0.5) is 0 Å². The molecular formula is C17H26N2O3. The lowest BCUT2D eigenvalue weighted by Crippen LogP contribution is -2.47. The van der Waals surface area contributed by atoms with Crippen LogP contribution in [0, 0.1) is 0 Å². The second-order valence-corrected chi connectivity index (χ2v) is 6.20. The maximum absolute atomic E-state index is 12.2. The van der Waals surface area contributed by atoms with E-state index in [1.807, 2.05) is 38.4 Å². The van der Waals surface area contributed by atoms with Crippen LogP contribution in [0.3, 0.4) is 0 Å². The Morgan fingerprint density at radius 2 is 1.91 bits per heavy atom. The molecule has 5 heteroatoms. The molecule has 0 radical (unpaired) electrons. The molecule has 1 atom stereocenters. The maximum Gasteiger partial charge on any atom is 0.252 e. The topological polar surface area (TPSA) is 61.8 Å². The minimum absolute atomic E-state index is 0.0554. The molecule has 1 aliphatic carbocycles. The first-order chi connectivity index (χ1) is 10.5. The molecule has 0 saturated heterocycles. The van der Waals surface area contributed by atoms with Gasteiger partial charge in [-0.3, -0.25) is 4.79 Å². The van der Waals surface area contributed by atoms with Gasteiger partial charge in [0.2, 0.25) is 0 Å². The van der Waals surface area contributed by atoms with Crippen LogP contribution >= 0.6 is 0 Å². The average molecular weight is 306 g/mol. The van der Waals surface area contributed by atoms with Gasteiger partial charge < -0.3 is 20.1 Å². The van der Waals surface area contributed by atoms with Crippen LogP contribution in [0.15, 0.2) is 24.3 Å². The largest absolute Gasteiger partial charge is 0.497 e. The van der Waals surface area contributed by atoms with E-state index in [2.05, 4.69) is 10.2 Å². The highest BCUT2D eigenvalue weighted by Crippen LogP contribution is 2.29. The summed E-state index contributed by atoms with van der Waals surface area (Å²) in [5.41, 5.74) is -0.0685. The monoisotopic (exact) mass is 306 g/mol. The number of nitrogens with one attached hydrogen (secondary N) is 1. The molecule has 1 aliphatic rings. The number of nitrogens with zero attached hydrogens (tertiary/aromatic N) is 1. The zero-order valence-electron chi connectivity index (χ0n) is 13.6. The van der Waals surface area contributed by atoms with Gasteiger partial charge in [0.1, 0.15) is 11.4 Å². The van der Waals surface area contributed by atoms with Crippen LogP contribution in [0.5, 0.6) is 5.75 Å². The standard InChI is InChI=1S/C17H26N2O3/c1-19(2)15(13-6-8-14(22-3)9-7-13)12-18-16(20)17(21)10-4-5-11-17/h6-9,15,21H,4-5,10-12H2,1-3H3,(H,18,20). The van der Waals surface area contributed by atoms with Crippen molar-refractivity contribution in [2.75, 3.05) is 27.7 Å². The number of aliphatic hydroxyl groups is 1. The van der Waals surface area contributed by atoms with Crippen LogP contribution in [-0.2, 0) is 4.79 Å². The molecular weight excluding hydrogens is 280 g/mol. The van der Waals surface area contributed by atoms with Crippen LogP contribution in [0.1, 0.15) is 37.3 Å². The average Bonchev–Trinajstić information content (AvgIpc) is 2.95. The van der Waals surface area contributed by atoms with Crippen molar-refractivity contribution in [3.05, 3.63) is 29.8 Å². The van der Waals surface area contributed by atoms with E-state index in [0.717, 1.165) is 24.2 Å². The summed E-state index contributed by atoms with van der Waals surface area (Å²) in [6.07, 6.45) is 2.96. The SMILES string of the molecule is COc1ccc(C(CNC(=O)C2(O)CCCC2)N(C)C)cc1. The quantitative estimate of drug-likeness (QED) is 0.840. The molecule has 0 aromatic heterocycles. The Morgan fingerprint density at radius 1 is 1.32 bits per heavy atom. The van der Waals surface area contributed by atoms with Crippen molar-refractivity contribution in [2.45, 2.75) is 37.3 Å². The van der Waals surface area contributed by atoms with Gasteiger partial charge >= 0.3 is 0 Å². The number of amides is 1. The smallest absolute Gasteiger partial charge is 0.252 e. The zero-order chi connectivity index (χ0) is 16.2. The van der Waals surface area contributed by atoms with Crippen molar-refractivity contribution < 1.29 is 14.6 Å². The highest BCUT2D eigenvalue weighted by molar-refractivity contribution is 5.85. The summed E-state index contributed by atoms with van der Waals surface area (Å²) in [4.78, 5) is 14.3. The van der Waals surface area contributed by atoms with E-state index < -0.39 is 5.60 Å². The minimum atomic E-state index is -1.17. The fraction of sp³-hybridized carbons (Fsp3) is 0.588. The third-order valence-electron chi connectivity index (χ3n) is 4.43. The number of likely N-dealkylation sites (N-methyl/N-ethyl adjacent to an activating group) is 1. The molecule has 0 bridgehead atoms. The summed E-state index contributed by atoms with van der Waals surface area (Å²) in [5.74, 6) is 0.566. The number of hydrogen-bond acceptors (Lipinski definition) is 4. The molecule has 0 aliphatic heterocycles. The fourth-order valence-corrected chi connectivity index (χ4v) is 2.97. The van der Waals surface area contributed by atoms with Crippen molar-refractivity contribution in [3.8, 4) is 5.75 Å². The number of ether oxygens (including phenoxy) is 1. The predicted molar refractivity (Wildman–Crippen MR) is 85.8 cm³/mol. The van der Waals surface area contributed by atoms with Crippen LogP contribution in [0.25, 0.3) is 0 Å². The van der Waals surface area contributed by atoms with Gasteiger partial charge in [0.25, 0.3) is 5.91 Å². The van der Waals surface area contributed by atoms with Gasteiger partial charge in [-0.25, -0.2) is 0 Å². The molecule has 1 amide bonds. The van der Waals surface area contributed by atoms with Gasteiger partial charge in [-0.05, 0) is 57.5 Å². The molecule has 122 valence electrons. The summed E-state index contributed by atoms with van der Waals surface area (Å²) < 4.78 is 5.17. The normalized spacial score (nSPS) is 18.2. The Bertz CT molecular complexity index is 493. The first kappa shape index (κ1) is 16.8. The molecule has 5 nitrogen and oxygen atoms in total. The predicted octanol–water partition coefficient (Wildman–Crippen LogP) is 1.72. The van der Waals surface area contributed by atoms with E-state index in [1.54, 1.807) is 7.11 Å². The Kier molecular flexibility index (Phi) is 5.42. The molecule has 0 heterocycles. The summed E-state index contributed by atoms with van der Waals surface area (Å²) in [6.45, 7) is 0.473. The molecule has 1 saturated carbocycles. The van der Waals surface area contributed by atoms with E-state index in [1.165, 1.54) is 0 Å². The highest BCUT2D eigenvalue weighted by atomic mass is 16.5. The number of methoxy groups -OCH3 is 1. The van der Waals surface area contributed by atoms with E-state index >= 15 is 0 Å². The summed E-state index contributed by atoms with van der Waals surface area (Å²) in [6, 6.07) is 7.88. The Balaban J connectivity index is 2.01. The molecule has 2 rings (SSSR count). The van der Waals surface area contributed by atoms with Gasteiger partial charge in [0.05, 0.1) is 13.2 Å². The number of carbonyl (C=O) groups is 1. The zero-order valence-corrected chi connectivity index (χ0v) is 13.6.